The molecule has 0 amide bonds. The molecule has 0 aliphatic carbocycles. The van der Waals surface area contributed by atoms with E-state index in [0.29, 0.717) is 0 Å². The van der Waals surface area contributed by atoms with Crippen LogP contribution in [0.2, 0.25) is 0 Å². The van der Waals surface area contributed by atoms with E-state index < -0.39 is 0 Å². The van der Waals surface area contributed by atoms with Crippen molar-refractivity contribution in [2.24, 2.45) is 7.05 Å². The Morgan fingerprint density at radius 2 is 2.18 bits per heavy atom. The van der Waals surface area contributed by atoms with Crippen molar-refractivity contribution in [3.05, 3.63) is 30.3 Å². The maximum absolute atomic E-state index is 5.54. The Balaban J connectivity index is 2.21. The van der Waals surface area contributed by atoms with Crippen LogP contribution >= 0.6 is 0 Å². The zero-order chi connectivity index (χ0) is 12.0. The minimum Gasteiger partial charge on any atom is -0.429 e. The van der Waals surface area contributed by atoms with E-state index in [0.717, 1.165) is 28.1 Å². The van der Waals surface area contributed by atoms with Crippen molar-refractivity contribution in [1.82, 2.24) is 14.5 Å². The summed E-state index contributed by atoms with van der Waals surface area (Å²) in [6.07, 6.45) is 1.79. The van der Waals surface area contributed by atoms with E-state index in [1.54, 1.807) is 6.33 Å². The zero-order valence-electron chi connectivity index (χ0n) is 9.64. The summed E-state index contributed by atoms with van der Waals surface area (Å²) in [4.78, 5) is 8.48. The molecular weight excluding hydrogens is 216 g/mol. The molecule has 0 saturated heterocycles. The summed E-state index contributed by atoms with van der Waals surface area (Å²) in [6.45, 7) is 1.85. The number of anilines is 1. The van der Waals surface area contributed by atoms with Gasteiger partial charge in [0.15, 0.2) is 0 Å². The van der Waals surface area contributed by atoms with Crippen LogP contribution in [0.5, 0.6) is 0 Å². The summed E-state index contributed by atoms with van der Waals surface area (Å²) in [5.41, 5.74) is 9.30. The Labute approximate surface area is 97.9 Å². The second-order valence-electron chi connectivity index (χ2n) is 4.02. The molecule has 3 aromatic rings. The maximum atomic E-state index is 5.54. The number of oxazole rings is 1. The van der Waals surface area contributed by atoms with Crippen molar-refractivity contribution < 1.29 is 4.42 Å². The van der Waals surface area contributed by atoms with E-state index in [9.17, 15) is 0 Å². The van der Waals surface area contributed by atoms with E-state index in [2.05, 4.69) is 9.97 Å². The molecule has 0 atom stereocenters. The van der Waals surface area contributed by atoms with Crippen LogP contribution in [0.15, 0.2) is 28.9 Å². The fraction of sp³-hybridized carbons (Fsp3) is 0.167. The molecule has 2 heterocycles. The molecular formula is C12H12N4O. The maximum Gasteiger partial charge on any atom is 0.292 e. The van der Waals surface area contributed by atoms with Crippen molar-refractivity contribution in [1.29, 1.82) is 0 Å². The minimum atomic E-state index is 0.193. The Kier molecular flexibility index (Phi) is 1.95. The Morgan fingerprint density at radius 3 is 2.88 bits per heavy atom. The van der Waals surface area contributed by atoms with Gasteiger partial charge in [0, 0.05) is 12.6 Å². The first-order valence-corrected chi connectivity index (χ1v) is 5.29. The van der Waals surface area contributed by atoms with Crippen LogP contribution in [0.25, 0.3) is 22.3 Å². The van der Waals surface area contributed by atoms with E-state index in [1.807, 2.05) is 36.7 Å². The average molecular weight is 228 g/mol. The van der Waals surface area contributed by atoms with Gasteiger partial charge in [0.25, 0.3) is 6.01 Å². The van der Waals surface area contributed by atoms with Gasteiger partial charge in [-0.1, -0.05) is 6.07 Å². The van der Waals surface area contributed by atoms with Crippen molar-refractivity contribution in [2.45, 2.75) is 6.92 Å². The van der Waals surface area contributed by atoms with Gasteiger partial charge in [0.1, 0.15) is 11.5 Å². The van der Waals surface area contributed by atoms with E-state index in [4.69, 9.17) is 10.2 Å². The monoisotopic (exact) mass is 228 g/mol. The lowest BCUT2D eigenvalue weighted by Crippen LogP contribution is -1.86. The number of nitrogens with zero attached hydrogens (tertiary/aromatic N) is 3. The van der Waals surface area contributed by atoms with Crippen molar-refractivity contribution in [3.63, 3.8) is 0 Å². The number of hydrogen-bond donors (Lipinski definition) is 1. The van der Waals surface area contributed by atoms with E-state index in [1.165, 1.54) is 0 Å². The highest BCUT2D eigenvalue weighted by molar-refractivity contribution is 5.81. The molecule has 2 N–H and O–H groups in total. The van der Waals surface area contributed by atoms with Gasteiger partial charge in [-0.05, 0) is 19.1 Å². The molecule has 3 rings (SSSR count). The molecule has 2 aromatic heterocycles. The van der Waals surface area contributed by atoms with Crippen LogP contribution in [-0.2, 0) is 7.05 Å². The highest BCUT2D eigenvalue weighted by Crippen LogP contribution is 2.26. The fourth-order valence-electron chi connectivity index (χ4n) is 1.97. The summed E-state index contributed by atoms with van der Waals surface area (Å²) >= 11 is 0. The summed E-state index contributed by atoms with van der Waals surface area (Å²) in [5, 5.41) is 0. The van der Waals surface area contributed by atoms with Gasteiger partial charge in [0.2, 0.25) is 0 Å². The highest BCUT2D eigenvalue weighted by Gasteiger charge is 2.11. The molecule has 0 saturated carbocycles. The molecule has 17 heavy (non-hydrogen) atoms. The predicted octanol–water partition coefficient (Wildman–Crippen LogP) is 2.12. The fourth-order valence-corrected chi connectivity index (χ4v) is 1.97. The lowest BCUT2D eigenvalue weighted by molar-refractivity contribution is 0.549. The second-order valence-corrected chi connectivity index (χ2v) is 4.02. The smallest absolute Gasteiger partial charge is 0.292 e. The Morgan fingerprint density at radius 1 is 1.35 bits per heavy atom. The van der Waals surface area contributed by atoms with E-state index >= 15 is 0 Å². The third-order valence-electron chi connectivity index (χ3n) is 2.81. The molecule has 0 unspecified atom stereocenters. The third-order valence-corrected chi connectivity index (χ3v) is 2.81. The van der Waals surface area contributed by atoms with Gasteiger partial charge in [-0.3, -0.25) is 0 Å². The number of fused-ring (bicyclic) bond motifs is 1. The lowest BCUT2D eigenvalue weighted by Gasteiger charge is -1.98. The standard InChI is InChI=1S/C12H12N4O/c1-7-11(15-12(13)17-7)8-3-4-10-9(5-8)14-6-16(10)2/h3-6H,1-2H3,(H2,13,15). The van der Waals surface area contributed by atoms with Gasteiger partial charge >= 0.3 is 0 Å². The molecule has 0 aliphatic rings. The van der Waals surface area contributed by atoms with E-state index in [-0.39, 0.29) is 6.01 Å². The molecule has 0 fully saturated rings. The number of nitrogen functional groups attached to an aromatic ring is 1. The number of benzene rings is 1. The van der Waals surface area contributed by atoms with Gasteiger partial charge in [-0.25, -0.2) is 4.98 Å². The number of rotatable bonds is 1. The normalized spacial score (nSPS) is 11.2. The first-order valence-electron chi connectivity index (χ1n) is 5.29. The van der Waals surface area contributed by atoms with Crippen LogP contribution in [0.3, 0.4) is 0 Å². The average Bonchev–Trinajstić information content (AvgIpc) is 2.82. The van der Waals surface area contributed by atoms with Crippen molar-refractivity contribution in [3.8, 4) is 11.3 Å². The molecule has 0 spiro atoms. The van der Waals surface area contributed by atoms with Crippen LogP contribution in [0.4, 0.5) is 6.01 Å². The molecule has 1 aromatic carbocycles. The van der Waals surface area contributed by atoms with Crippen molar-refractivity contribution >= 4 is 17.0 Å². The number of aryl methyl sites for hydroxylation is 2. The molecule has 5 nitrogen and oxygen atoms in total. The SMILES string of the molecule is Cc1oc(N)nc1-c1ccc2c(c1)ncn2C. The first kappa shape index (κ1) is 9.89. The van der Waals surface area contributed by atoms with Gasteiger partial charge < -0.3 is 14.7 Å². The topological polar surface area (TPSA) is 69.9 Å². The third kappa shape index (κ3) is 1.47. The molecule has 0 bridgehead atoms. The Hall–Kier alpha value is -2.30. The largest absolute Gasteiger partial charge is 0.429 e. The van der Waals surface area contributed by atoms with Gasteiger partial charge in [0.05, 0.1) is 17.4 Å². The van der Waals surface area contributed by atoms with Crippen LogP contribution < -0.4 is 5.73 Å². The molecule has 86 valence electrons. The summed E-state index contributed by atoms with van der Waals surface area (Å²) in [7, 11) is 1.97. The van der Waals surface area contributed by atoms with Gasteiger partial charge in [-0.15, -0.1) is 0 Å². The second kappa shape index (κ2) is 3.35. The first-order chi connectivity index (χ1) is 8.15. The summed E-state index contributed by atoms with van der Waals surface area (Å²) < 4.78 is 7.20. The lowest BCUT2D eigenvalue weighted by atomic mass is 10.1. The summed E-state index contributed by atoms with van der Waals surface area (Å²) in [5.74, 6) is 0.720. The number of imidazole rings is 1. The highest BCUT2D eigenvalue weighted by atomic mass is 16.4. The Bertz CT molecular complexity index is 696. The molecule has 5 heteroatoms. The van der Waals surface area contributed by atoms with Gasteiger partial charge in [-0.2, -0.15) is 4.98 Å². The van der Waals surface area contributed by atoms with Crippen LogP contribution in [0.1, 0.15) is 5.76 Å². The quantitative estimate of drug-likeness (QED) is 0.692. The number of aromatic nitrogens is 3. The van der Waals surface area contributed by atoms with Crippen molar-refractivity contribution in [2.75, 3.05) is 5.73 Å². The number of nitrogens with two attached hydrogens (primary N) is 1. The zero-order valence-corrected chi connectivity index (χ0v) is 9.64. The molecule has 0 radical (unpaired) electrons. The molecule has 0 aliphatic heterocycles. The summed E-state index contributed by atoms with van der Waals surface area (Å²) in [6, 6.07) is 6.19. The number of hydrogen-bond acceptors (Lipinski definition) is 4. The van der Waals surface area contributed by atoms with Crippen LogP contribution in [0, 0.1) is 6.92 Å². The van der Waals surface area contributed by atoms with Crippen LogP contribution in [-0.4, -0.2) is 14.5 Å². The predicted molar refractivity (Wildman–Crippen MR) is 65.4 cm³/mol. The minimum absolute atomic E-state index is 0.193.